The van der Waals surface area contributed by atoms with Gasteiger partial charge in [0.25, 0.3) is 5.91 Å². The van der Waals surface area contributed by atoms with Crippen LogP contribution in [0.4, 0.5) is 0 Å². The molecule has 22 heavy (non-hydrogen) atoms. The minimum Gasteiger partial charge on any atom is -0.349 e. The van der Waals surface area contributed by atoms with Gasteiger partial charge in [0, 0.05) is 18.0 Å². The fraction of sp³-hybridized carbons (Fsp3) is 0.529. The molecule has 2 fully saturated rings. The van der Waals surface area contributed by atoms with Crippen LogP contribution in [0.2, 0.25) is 0 Å². The maximum atomic E-state index is 12.4. The van der Waals surface area contributed by atoms with Crippen LogP contribution in [0.15, 0.2) is 24.3 Å². The van der Waals surface area contributed by atoms with Gasteiger partial charge >= 0.3 is 0 Å². The second-order valence-electron chi connectivity index (χ2n) is 6.75. The Labute approximate surface area is 134 Å². The van der Waals surface area contributed by atoms with Crippen LogP contribution in [0.5, 0.6) is 0 Å². The topological polar surface area (TPSA) is 54.0 Å². The molecule has 1 saturated carbocycles. The number of hydrogen-bond acceptors (Lipinski definition) is 4. The van der Waals surface area contributed by atoms with E-state index in [2.05, 4.69) is 21.9 Å². The molecule has 3 unspecified atom stereocenters. The van der Waals surface area contributed by atoms with Crippen molar-refractivity contribution < 1.29 is 4.79 Å². The number of carbonyl (C=O) groups is 1. The zero-order chi connectivity index (χ0) is 15.1. The van der Waals surface area contributed by atoms with Crippen molar-refractivity contribution in [1.29, 1.82) is 0 Å². The molecule has 2 aliphatic rings. The van der Waals surface area contributed by atoms with Crippen LogP contribution in [-0.4, -0.2) is 29.4 Å². The van der Waals surface area contributed by atoms with E-state index in [9.17, 15) is 4.79 Å². The van der Waals surface area contributed by atoms with Crippen molar-refractivity contribution in [2.24, 2.45) is 17.8 Å². The maximum absolute atomic E-state index is 12.4. The van der Waals surface area contributed by atoms with E-state index in [1.165, 1.54) is 24.4 Å². The Morgan fingerprint density at radius 1 is 1.41 bits per heavy atom. The summed E-state index contributed by atoms with van der Waals surface area (Å²) in [6, 6.07) is 8.33. The van der Waals surface area contributed by atoms with E-state index in [0.717, 1.165) is 34.4 Å². The molecular weight excluding hydrogens is 294 g/mol. The number of rotatable bonds is 3. The molecule has 0 bridgehead atoms. The summed E-state index contributed by atoms with van der Waals surface area (Å²) >= 11 is 1.39. The van der Waals surface area contributed by atoms with E-state index in [-0.39, 0.29) is 5.91 Å². The zero-order valence-corrected chi connectivity index (χ0v) is 13.5. The quantitative estimate of drug-likeness (QED) is 0.915. The molecule has 5 heteroatoms. The van der Waals surface area contributed by atoms with Crippen LogP contribution in [0.25, 0.3) is 10.1 Å². The molecule has 1 aliphatic heterocycles. The first kappa shape index (κ1) is 14.2. The smallest absolute Gasteiger partial charge is 0.271 e. The number of benzene rings is 1. The monoisotopic (exact) mass is 315 g/mol. The second kappa shape index (κ2) is 5.63. The minimum atomic E-state index is -0.0475. The summed E-state index contributed by atoms with van der Waals surface area (Å²) in [6.45, 7) is 4.16. The van der Waals surface area contributed by atoms with Crippen molar-refractivity contribution in [2.45, 2.75) is 25.8 Å². The van der Waals surface area contributed by atoms with Gasteiger partial charge in [0.2, 0.25) is 0 Å². The van der Waals surface area contributed by atoms with Crippen molar-refractivity contribution in [2.75, 3.05) is 13.1 Å². The number of hydrogen-bond donors (Lipinski definition) is 2. The average molecular weight is 315 g/mol. The first-order chi connectivity index (χ1) is 10.7. The van der Waals surface area contributed by atoms with Crippen molar-refractivity contribution in [1.82, 2.24) is 15.0 Å². The van der Waals surface area contributed by atoms with Crippen LogP contribution < -0.4 is 10.6 Å². The van der Waals surface area contributed by atoms with Gasteiger partial charge in [-0.1, -0.05) is 25.1 Å². The number of nitrogens with zero attached hydrogens (tertiary/aromatic N) is 1. The van der Waals surface area contributed by atoms with Crippen LogP contribution in [0, 0.1) is 17.8 Å². The highest BCUT2D eigenvalue weighted by molar-refractivity contribution is 7.13. The fourth-order valence-corrected chi connectivity index (χ4v) is 4.96. The van der Waals surface area contributed by atoms with Gasteiger partial charge in [-0.05, 0) is 54.7 Å². The Morgan fingerprint density at radius 2 is 2.27 bits per heavy atom. The van der Waals surface area contributed by atoms with Crippen LogP contribution >= 0.6 is 11.5 Å². The van der Waals surface area contributed by atoms with Gasteiger partial charge in [-0.3, -0.25) is 4.79 Å². The van der Waals surface area contributed by atoms with Gasteiger partial charge in [-0.25, -0.2) is 0 Å². The lowest BCUT2D eigenvalue weighted by molar-refractivity contribution is 0.0945. The van der Waals surface area contributed by atoms with Crippen LogP contribution in [0.1, 0.15) is 30.3 Å². The SMILES string of the molecule is CC1CC2CNC(CNC(=O)c3nsc4ccccc34)[C@H]2C1. The Morgan fingerprint density at radius 3 is 3.18 bits per heavy atom. The van der Waals surface area contributed by atoms with Crippen molar-refractivity contribution in [3.8, 4) is 0 Å². The molecule has 0 spiro atoms. The highest BCUT2D eigenvalue weighted by Gasteiger charge is 2.41. The maximum Gasteiger partial charge on any atom is 0.271 e. The summed E-state index contributed by atoms with van der Waals surface area (Å²) in [5.74, 6) is 2.31. The molecule has 2 N–H and O–H groups in total. The molecule has 4 nitrogen and oxygen atoms in total. The molecule has 1 saturated heterocycles. The van der Waals surface area contributed by atoms with Crippen LogP contribution in [-0.2, 0) is 0 Å². The summed E-state index contributed by atoms with van der Waals surface area (Å²) in [5.41, 5.74) is 0.565. The summed E-state index contributed by atoms with van der Waals surface area (Å²) in [6.07, 6.45) is 2.62. The van der Waals surface area contributed by atoms with Gasteiger partial charge < -0.3 is 10.6 Å². The molecular formula is C17H21N3OS. The van der Waals surface area contributed by atoms with Gasteiger partial charge in [-0.2, -0.15) is 4.37 Å². The molecule has 4 rings (SSSR count). The third kappa shape index (κ3) is 2.42. The highest BCUT2D eigenvalue weighted by Crippen LogP contribution is 2.41. The molecule has 0 radical (unpaired) electrons. The zero-order valence-electron chi connectivity index (χ0n) is 12.7. The summed E-state index contributed by atoms with van der Waals surface area (Å²) in [4.78, 5) is 12.4. The van der Waals surface area contributed by atoms with Crippen molar-refractivity contribution in [3.05, 3.63) is 30.0 Å². The molecule has 1 aromatic carbocycles. The molecule has 1 aromatic heterocycles. The third-order valence-corrected chi connectivity index (χ3v) is 6.05. The number of nitrogens with one attached hydrogen (secondary N) is 2. The number of carbonyl (C=O) groups excluding carboxylic acids is 1. The lowest BCUT2D eigenvalue weighted by Crippen LogP contribution is -2.40. The van der Waals surface area contributed by atoms with E-state index in [1.807, 2.05) is 24.3 Å². The van der Waals surface area contributed by atoms with Gasteiger partial charge in [0.15, 0.2) is 0 Å². The van der Waals surface area contributed by atoms with E-state index >= 15 is 0 Å². The molecule has 2 heterocycles. The van der Waals surface area contributed by atoms with Crippen molar-refractivity contribution in [3.63, 3.8) is 0 Å². The first-order valence-electron chi connectivity index (χ1n) is 8.08. The largest absolute Gasteiger partial charge is 0.349 e. The second-order valence-corrected chi connectivity index (χ2v) is 7.56. The van der Waals surface area contributed by atoms with E-state index in [1.54, 1.807) is 0 Å². The van der Waals surface area contributed by atoms with E-state index in [0.29, 0.717) is 18.3 Å². The summed E-state index contributed by atoms with van der Waals surface area (Å²) < 4.78 is 5.39. The van der Waals surface area contributed by atoms with E-state index in [4.69, 9.17) is 0 Å². The summed E-state index contributed by atoms with van der Waals surface area (Å²) in [5, 5.41) is 7.63. The molecule has 4 atom stereocenters. The number of amides is 1. The first-order valence-corrected chi connectivity index (χ1v) is 8.85. The normalized spacial score (nSPS) is 30.6. The van der Waals surface area contributed by atoms with Crippen molar-refractivity contribution >= 4 is 27.5 Å². The predicted molar refractivity (Wildman–Crippen MR) is 89.1 cm³/mol. The Balaban J connectivity index is 1.43. The minimum absolute atomic E-state index is 0.0475. The fourth-order valence-electron chi connectivity index (χ4n) is 4.19. The van der Waals surface area contributed by atoms with Gasteiger partial charge in [0.1, 0.15) is 5.69 Å². The summed E-state index contributed by atoms with van der Waals surface area (Å²) in [7, 11) is 0. The Kier molecular flexibility index (Phi) is 3.62. The molecule has 2 aromatic rings. The third-order valence-electron chi connectivity index (χ3n) is 5.22. The number of fused-ring (bicyclic) bond motifs is 2. The van der Waals surface area contributed by atoms with Crippen LogP contribution in [0.3, 0.4) is 0 Å². The Hall–Kier alpha value is -1.46. The van der Waals surface area contributed by atoms with Gasteiger partial charge in [-0.15, -0.1) is 0 Å². The predicted octanol–water partition coefficient (Wildman–Crippen LogP) is 2.66. The number of aromatic nitrogens is 1. The molecule has 116 valence electrons. The highest BCUT2D eigenvalue weighted by atomic mass is 32.1. The Bertz CT molecular complexity index is 698. The lowest BCUT2D eigenvalue weighted by atomic mass is 9.94. The van der Waals surface area contributed by atoms with E-state index < -0.39 is 0 Å². The molecule has 1 aliphatic carbocycles. The lowest BCUT2D eigenvalue weighted by Gasteiger charge is -2.19. The van der Waals surface area contributed by atoms with Gasteiger partial charge in [0.05, 0.1) is 4.70 Å². The average Bonchev–Trinajstić information content (AvgIpc) is 3.18. The standard InChI is InChI=1S/C17H21N3OS/c1-10-6-11-8-18-14(13(11)7-10)9-19-17(21)16-12-4-2-3-5-15(12)22-20-16/h2-5,10-11,13-14,18H,6-9H2,1H3,(H,19,21)/t10?,11?,13-,14?/m0/s1. The molecule has 1 amide bonds.